The molecule has 0 fully saturated rings. The maximum atomic E-state index is 2.45. The highest BCUT2D eigenvalue weighted by atomic mass is 15.1. The van der Waals surface area contributed by atoms with Crippen molar-refractivity contribution in [1.29, 1.82) is 0 Å². The fourth-order valence-corrected chi connectivity index (χ4v) is 10.3. The lowest BCUT2D eigenvalue weighted by molar-refractivity contribution is 0.768. The van der Waals surface area contributed by atoms with Crippen LogP contribution in [0.1, 0.15) is 22.3 Å². The zero-order chi connectivity index (χ0) is 42.5. The standard InChI is InChI=1S/C63H43N/c1-3-21-52(22-4-1)63(53-23-5-2-6-24-53)61-28-12-11-26-59(61)60-40-39-56(43-62(60)63)64(55-37-33-47(34-38-55)58-27-14-18-46-16-9-10-25-57(46)58)54-35-31-45(32-36-54)49-19-13-20-50(41-49)51-30-29-44-15-7-8-17-48(44)42-51/h1-43H. The molecule has 1 nitrogen and oxygen atoms in total. The van der Waals surface area contributed by atoms with Gasteiger partial charge in [0.25, 0.3) is 0 Å². The number of fused-ring (bicyclic) bond motifs is 5. The number of anilines is 3. The number of nitrogens with zero attached hydrogens (tertiary/aromatic N) is 1. The summed E-state index contributed by atoms with van der Waals surface area (Å²) in [6, 6.07) is 95.9. The van der Waals surface area contributed by atoms with E-state index in [9.17, 15) is 0 Å². The lowest BCUT2D eigenvalue weighted by atomic mass is 9.67. The van der Waals surface area contributed by atoms with Gasteiger partial charge >= 0.3 is 0 Å². The zero-order valence-electron chi connectivity index (χ0n) is 35.3. The first kappa shape index (κ1) is 37.5. The molecule has 300 valence electrons. The molecule has 1 aliphatic carbocycles. The molecule has 0 atom stereocenters. The van der Waals surface area contributed by atoms with Crippen LogP contribution in [0.25, 0.3) is 66.1 Å². The Hall–Kier alpha value is -8.26. The second kappa shape index (κ2) is 15.6. The molecule has 0 radical (unpaired) electrons. The molecule has 0 N–H and O–H groups in total. The minimum absolute atomic E-state index is 0.506. The fourth-order valence-electron chi connectivity index (χ4n) is 10.3. The van der Waals surface area contributed by atoms with Crippen molar-refractivity contribution in [3.8, 4) is 44.5 Å². The van der Waals surface area contributed by atoms with Crippen LogP contribution in [-0.4, -0.2) is 0 Å². The van der Waals surface area contributed by atoms with Crippen molar-refractivity contribution in [2.45, 2.75) is 5.41 Å². The fraction of sp³-hybridized carbons (Fsp3) is 0.0159. The molecule has 0 aromatic heterocycles. The first-order chi connectivity index (χ1) is 31.7. The maximum Gasteiger partial charge on any atom is 0.0714 e. The monoisotopic (exact) mass is 813 g/mol. The summed E-state index contributed by atoms with van der Waals surface area (Å²) in [6.45, 7) is 0. The van der Waals surface area contributed by atoms with E-state index in [2.05, 4.69) is 266 Å². The van der Waals surface area contributed by atoms with Gasteiger partial charge in [-0.15, -0.1) is 0 Å². The van der Waals surface area contributed by atoms with Gasteiger partial charge in [-0.1, -0.05) is 212 Å². The van der Waals surface area contributed by atoms with E-state index in [0.717, 1.165) is 17.1 Å². The third-order valence-electron chi connectivity index (χ3n) is 13.3. The van der Waals surface area contributed by atoms with Crippen LogP contribution in [-0.2, 0) is 5.41 Å². The van der Waals surface area contributed by atoms with Crippen LogP contribution in [0.4, 0.5) is 17.1 Å². The van der Waals surface area contributed by atoms with E-state index < -0.39 is 5.41 Å². The van der Waals surface area contributed by atoms with Gasteiger partial charge < -0.3 is 4.90 Å². The van der Waals surface area contributed by atoms with Crippen LogP contribution < -0.4 is 4.90 Å². The number of hydrogen-bond donors (Lipinski definition) is 0. The molecule has 0 saturated heterocycles. The van der Waals surface area contributed by atoms with Crippen LogP contribution in [0.5, 0.6) is 0 Å². The highest BCUT2D eigenvalue weighted by molar-refractivity contribution is 5.97. The first-order valence-electron chi connectivity index (χ1n) is 22.2. The van der Waals surface area contributed by atoms with Crippen LogP contribution in [0, 0.1) is 0 Å². The second-order valence-corrected chi connectivity index (χ2v) is 16.9. The molecule has 0 spiro atoms. The maximum absolute atomic E-state index is 2.45. The summed E-state index contributed by atoms with van der Waals surface area (Å²) in [5.74, 6) is 0. The van der Waals surface area contributed by atoms with E-state index in [1.165, 1.54) is 88.3 Å². The van der Waals surface area contributed by atoms with Crippen molar-refractivity contribution in [1.82, 2.24) is 0 Å². The Morgan fingerprint density at radius 2 is 0.750 bits per heavy atom. The van der Waals surface area contributed by atoms with E-state index in [0.29, 0.717) is 0 Å². The van der Waals surface area contributed by atoms with E-state index in [4.69, 9.17) is 0 Å². The lowest BCUT2D eigenvalue weighted by Crippen LogP contribution is -2.28. The van der Waals surface area contributed by atoms with Gasteiger partial charge in [0.2, 0.25) is 0 Å². The first-order valence-corrected chi connectivity index (χ1v) is 22.2. The second-order valence-electron chi connectivity index (χ2n) is 16.9. The Balaban J connectivity index is 1.00. The Labute approximate surface area is 374 Å². The van der Waals surface area contributed by atoms with Gasteiger partial charge in [0.1, 0.15) is 0 Å². The molecule has 0 heterocycles. The normalized spacial score (nSPS) is 12.5. The molecule has 0 amide bonds. The van der Waals surface area contributed by atoms with Gasteiger partial charge in [-0.05, 0) is 137 Å². The van der Waals surface area contributed by atoms with E-state index >= 15 is 0 Å². The number of rotatable bonds is 8. The van der Waals surface area contributed by atoms with Crippen LogP contribution in [0.2, 0.25) is 0 Å². The molecule has 0 saturated carbocycles. The molecule has 11 aromatic carbocycles. The molecule has 1 aliphatic rings. The van der Waals surface area contributed by atoms with Gasteiger partial charge in [-0.2, -0.15) is 0 Å². The average molecular weight is 814 g/mol. The van der Waals surface area contributed by atoms with Crippen molar-refractivity contribution in [2.75, 3.05) is 4.90 Å². The van der Waals surface area contributed by atoms with Gasteiger partial charge in [0.05, 0.1) is 5.41 Å². The molecule has 0 aliphatic heterocycles. The summed E-state index contributed by atoms with van der Waals surface area (Å²) in [6.07, 6.45) is 0. The summed E-state index contributed by atoms with van der Waals surface area (Å²) in [7, 11) is 0. The van der Waals surface area contributed by atoms with Gasteiger partial charge in [-0.25, -0.2) is 0 Å². The topological polar surface area (TPSA) is 3.24 Å². The van der Waals surface area contributed by atoms with E-state index in [-0.39, 0.29) is 0 Å². The SMILES string of the molecule is c1ccc(C2(c3ccccc3)c3ccccc3-c3ccc(N(c4ccc(-c5cccc(-c6ccc7ccccc7c6)c5)cc4)c4ccc(-c5cccc6ccccc56)cc4)cc32)cc1. The minimum Gasteiger partial charge on any atom is -0.310 e. The van der Waals surface area contributed by atoms with Gasteiger partial charge in [0.15, 0.2) is 0 Å². The summed E-state index contributed by atoms with van der Waals surface area (Å²) in [5, 5.41) is 5.00. The molecular formula is C63H43N. The van der Waals surface area contributed by atoms with Gasteiger partial charge in [0, 0.05) is 17.1 Å². The highest BCUT2D eigenvalue weighted by Gasteiger charge is 2.46. The van der Waals surface area contributed by atoms with Crippen molar-refractivity contribution in [3.63, 3.8) is 0 Å². The van der Waals surface area contributed by atoms with Crippen LogP contribution in [0.15, 0.2) is 261 Å². The highest BCUT2D eigenvalue weighted by Crippen LogP contribution is 2.57. The number of hydrogen-bond acceptors (Lipinski definition) is 1. The summed E-state index contributed by atoms with van der Waals surface area (Å²) in [5.41, 5.74) is 17.6. The van der Waals surface area contributed by atoms with E-state index in [1.807, 2.05) is 0 Å². The zero-order valence-corrected chi connectivity index (χ0v) is 35.3. The molecule has 0 unspecified atom stereocenters. The van der Waals surface area contributed by atoms with E-state index in [1.54, 1.807) is 0 Å². The van der Waals surface area contributed by atoms with Crippen molar-refractivity contribution >= 4 is 38.6 Å². The molecule has 0 bridgehead atoms. The Kier molecular flexibility index (Phi) is 9.13. The summed E-state index contributed by atoms with van der Waals surface area (Å²) in [4.78, 5) is 2.42. The van der Waals surface area contributed by atoms with Crippen molar-refractivity contribution in [2.24, 2.45) is 0 Å². The van der Waals surface area contributed by atoms with Gasteiger partial charge in [-0.3, -0.25) is 0 Å². The van der Waals surface area contributed by atoms with Crippen LogP contribution in [0.3, 0.4) is 0 Å². The summed E-state index contributed by atoms with van der Waals surface area (Å²) >= 11 is 0. The lowest BCUT2D eigenvalue weighted by Gasteiger charge is -2.35. The smallest absolute Gasteiger partial charge is 0.0714 e. The Morgan fingerprint density at radius 1 is 0.250 bits per heavy atom. The van der Waals surface area contributed by atoms with Crippen molar-refractivity contribution in [3.05, 3.63) is 283 Å². The predicted molar refractivity (Wildman–Crippen MR) is 270 cm³/mol. The Bertz CT molecular complexity index is 3430. The predicted octanol–water partition coefficient (Wildman–Crippen LogP) is 16.8. The molecular weight excluding hydrogens is 771 g/mol. The third-order valence-corrected chi connectivity index (χ3v) is 13.3. The average Bonchev–Trinajstić information content (AvgIpc) is 3.67. The molecule has 11 aromatic rings. The van der Waals surface area contributed by atoms with Crippen LogP contribution >= 0.6 is 0 Å². The molecule has 1 heteroatoms. The molecule has 64 heavy (non-hydrogen) atoms. The largest absolute Gasteiger partial charge is 0.310 e. The molecule has 12 rings (SSSR count). The Morgan fingerprint density at radius 3 is 1.48 bits per heavy atom. The quantitative estimate of drug-likeness (QED) is 0.148. The third kappa shape index (κ3) is 6.24. The minimum atomic E-state index is -0.506. The van der Waals surface area contributed by atoms with Crippen molar-refractivity contribution < 1.29 is 0 Å². The number of benzene rings is 11. The summed E-state index contributed by atoms with van der Waals surface area (Å²) < 4.78 is 0.